The summed E-state index contributed by atoms with van der Waals surface area (Å²) >= 11 is 5.49. The zero-order chi connectivity index (χ0) is 10.6. The summed E-state index contributed by atoms with van der Waals surface area (Å²) in [7, 11) is -3.03. The molecule has 0 aromatic heterocycles. The first kappa shape index (κ1) is 12.3. The highest BCUT2D eigenvalue weighted by molar-refractivity contribution is 7.89. The summed E-state index contributed by atoms with van der Waals surface area (Å²) in [4.78, 5) is 0. The maximum absolute atomic E-state index is 11.8. The van der Waals surface area contributed by atoms with Gasteiger partial charge < -0.3 is 0 Å². The van der Waals surface area contributed by atoms with Crippen LogP contribution in [0.2, 0.25) is 0 Å². The van der Waals surface area contributed by atoms with Crippen molar-refractivity contribution in [1.29, 1.82) is 0 Å². The van der Waals surface area contributed by atoms with Gasteiger partial charge in [0.1, 0.15) is 0 Å². The van der Waals surface area contributed by atoms with Crippen molar-refractivity contribution in [3.8, 4) is 0 Å². The molecule has 0 saturated carbocycles. The van der Waals surface area contributed by atoms with E-state index in [9.17, 15) is 8.42 Å². The lowest BCUT2D eigenvalue weighted by Crippen LogP contribution is -2.40. The van der Waals surface area contributed by atoms with E-state index < -0.39 is 10.0 Å². The number of hydrogen-bond donors (Lipinski definition) is 0. The van der Waals surface area contributed by atoms with E-state index in [1.54, 1.807) is 4.31 Å². The minimum absolute atomic E-state index is 0.198. The summed E-state index contributed by atoms with van der Waals surface area (Å²) in [5.74, 6) is 1.11. The standard InChI is InChI=1S/C9H18ClNO2S/c1-9-4-2-6-11(8-9)14(12,13)7-3-5-10/h9H,2-8H2,1H3/t9-/m0/s1. The normalized spacial score (nSPS) is 25.1. The van der Waals surface area contributed by atoms with Gasteiger partial charge in [0, 0.05) is 19.0 Å². The van der Waals surface area contributed by atoms with Crippen molar-refractivity contribution in [3.63, 3.8) is 0 Å². The summed E-state index contributed by atoms with van der Waals surface area (Å²) in [6.07, 6.45) is 2.68. The van der Waals surface area contributed by atoms with Crippen LogP contribution in [0.25, 0.3) is 0 Å². The van der Waals surface area contributed by atoms with Crippen LogP contribution in [0.15, 0.2) is 0 Å². The molecule has 1 heterocycles. The molecule has 0 spiro atoms. The number of hydrogen-bond acceptors (Lipinski definition) is 2. The molecule has 1 fully saturated rings. The van der Waals surface area contributed by atoms with E-state index >= 15 is 0 Å². The van der Waals surface area contributed by atoms with Crippen LogP contribution >= 0.6 is 11.6 Å². The smallest absolute Gasteiger partial charge is 0.212 e. The molecule has 0 radical (unpaired) electrons. The largest absolute Gasteiger partial charge is 0.214 e. The second kappa shape index (κ2) is 5.33. The van der Waals surface area contributed by atoms with Crippen LogP contribution in [0.4, 0.5) is 0 Å². The molecule has 0 aliphatic carbocycles. The second-order valence-electron chi connectivity index (χ2n) is 3.96. The van der Waals surface area contributed by atoms with Gasteiger partial charge in [-0.1, -0.05) is 6.92 Å². The van der Waals surface area contributed by atoms with Gasteiger partial charge in [0.15, 0.2) is 0 Å². The summed E-state index contributed by atoms with van der Waals surface area (Å²) in [5, 5.41) is 0. The third-order valence-corrected chi connectivity index (χ3v) is 4.74. The van der Waals surface area contributed by atoms with Crippen LogP contribution < -0.4 is 0 Å². The quantitative estimate of drug-likeness (QED) is 0.700. The Hall–Kier alpha value is 0.200. The first-order chi connectivity index (χ1) is 6.56. The fourth-order valence-corrected chi connectivity index (χ4v) is 3.71. The number of piperidine rings is 1. The molecule has 0 N–H and O–H groups in total. The minimum atomic E-state index is -3.03. The van der Waals surface area contributed by atoms with Crippen LogP contribution in [-0.4, -0.2) is 37.4 Å². The van der Waals surface area contributed by atoms with E-state index in [2.05, 4.69) is 6.92 Å². The zero-order valence-electron chi connectivity index (χ0n) is 8.58. The number of rotatable bonds is 4. The summed E-state index contributed by atoms with van der Waals surface area (Å²) in [5.41, 5.74) is 0. The van der Waals surface area contributed by atoms with Crippen LogP contribution in [-0.2, 0) is 10.0 Å². The van der Waals surface area contributed by atoms with Gasteiger partial charge in [-0.05, 0) is 25.2 Å². The van der Waals surface area contributed by atoms with Gasteiger partial charge in [-0.25, -0.2) is 12.7 Å². The zero-order valence-corrected chi connectivity index (χ0v) is 10.1. The van der Waals surface area contributed by atoms with E-state index in [4.69, 9.17) is 11.6 Å². The highest BCUT2D eigenvalue weighted by atomic mass is 35.5. The Morgan fingerprint density at radius 1 is 1.50 bits per heavy atom. The molecule has 5 heteroatoms. The topological polar surface area (TPSA) is 37.4 Å². The predicted molar refractivity (Wildman–Crippen MR) is 59.1 cm³/mol. The molecule has 0 bridgehead atoms. The summed E-state index contributed by atoms with van der Waals surface area (Å²) < 4.78 is 25.1. The Balaban J connectivity index is 2.53. The second-order valence-corrected chi connectivity index (χ2v) is 6.43. The van der Waals surface area contributed by atoms with Crippen molar-refractivity contribution in [3.05, 3.63) is 0 Å². The Labute approximate surface area is 91.5 Å². The van der Waals surface area contributed by atoms with Gasteiger partial charge in [0.25, 0.3) is 0 Å². The molecule has 14 heavy (non-hydrogen) atoms. The van der Waals surface area contributed by atoms with Gasteiger partial charge in [-0.3, -0.25) is 0 Å². The highest BCUT2D eigenvalue weighted by Gasteiger charge is 2.26. The fraction of sp³-hybridized carbons (Fsp3) is 1.00. The number of nitrogens with zero attached hydrogens (tertiary/aromatic N) is 1. The van der Waals surface area contributed by atoms with Gasteiger partial charge in [-0.15, -0.1) is 11.6 Å². The first-order valence-corrected chi connectivity index (χ1v) is 7.24. The Bertz CT molecular complexity index is 266. The molecule has 3 nitrogen and oxygen atoms in total. The van der Waals surface area contributed by atoms with Crippen molar-refractivity contribution in [2.75, 3.05) is 24.7 Å². The van der Waals surface area contributed by atoms with E-state index in [0.29, 0.717) is 31.3 Å². The van der Waals surface area contributed by atoms with E-state index in [0.717, 1.165) is 12.8 Å². The molecule has 0 aromatic carbocycles. The number of alkyl halides is 1. The Kier molecular flexibility index (Phi) is 4.67. The van der Waals surface area contributed by atoms with Crippen LogP contribution in [0.3, 0.4) is 0 Å². The van der Waals surface area contributed by atoms with Crippen LogP contribution in [0.1, 0.15) is 26.2 Å². The third-order valence-electron chi connectivity index (χ3n) is 2.55. The maximum Gasteiger partial charge on any atom is 0.214 e. The Morgan fingerprint density at radius 3 is 2.79 bits per heavy atom. The first-order valence-electron chi connectivity index (χ1n) is 5.10. The molecular weight excluding hydrogens is 222 g/mol. The minimum Gasteiger partial charge on any atom is -0.212 e. The lowest BCUT2D eigenvalue weighted by Gasteiger charge is -2.29. The average Bonchev–Trinajstić information content (AvgIpc) is 2.15. The SMILES string of the molecule is C[C@H]1CCCN(S(=O)(=O)CCCCl)C1. The van der Waals surface area contributed by atoms with E-state index in [1.807, 2.05) is 0 Å². The average molecular weight is 240 g/mol. The monoisotopic (exact) mass is 239 g/mol. The van der Waals surface area contributed by atoms with Crippen molar-refractivity contribution < 1.29 is 8.42 Å². The lowest BCUT2D eigenvalue weighted by molar-refractivity contribution is 0.281. The van der Waals surface area contributed by atoms with Gasteiger partial charge in [0.05, 0.1) is 5.75 Å². The number of halogens is 1. The highest BCUT2D eigenvalue weighted by Crippen LogP contribution is 2.18. The van der Waals surface area contributed by atoms with E-state index in [-0.39, 0.29) is 5.75 Å². The summed E-state index contributed by atoms with van der Waals surface area (Å²) in [6, 6.07) is 0. The molecule has 0 unspecified atom stereocenters. The molecule has 1 aliphatic rings. The molecule has 1 saturated heterocycles. The van der Waals surface area contributed by atoms with Crippen LogP contribution in [0.5, 0.6) is 0 Å². The van der Waals surface area contributed by atoms with Gasteiger partial charge >= 0.3 is 0 Å². The molecule has 0 amide bonds. The molecule has 1 rings (SSSR count). The van der Waals surface area contributed by atoms with Crippen LogP contribution in [0, 0.1) is 5.92 Å². The van der Waals surface area contributed by atoms with E-state index in [1.165, 1.54) is 0 Å². The van der Waals surface area contributed by atoms with Crippen molar-refractivity contribution in [2.45, 2.75) is 26.2 Å². The molecule has 1 atom stereocenters. The predicted octanol–water partition coefficient (Wildman–Crippen LogP) is 1.68. The lowest BCUT2D eigenvalue weighted by atomic mass is 10.0. The third kappa shape index (κ3) is 3.41. The molecule has 0 aromatic rings. The number of sulfonamides is 1. The van der Waals surface area contributed by atoms with Gasteiger partial charge in [-0.2, -0.15) is 0 Å². The van der Waals surface area contributed by atoms with Crippen molar-refractivity contribution >= 4 is 21.6 Å². The van der Waals surface area contributed by atoms with Crippen molar-refractivity contribution in [2.24, 2.45) is 5.92 Å². The maximum atomic E-state index is 11.8. The molecule has 1 aliphatic heterocycles. The fourth-order valence-electron chi connectivity index (χ4n) is 1.77. The summed E-state index contributed by atoms with van der Waals surface area (Å²) in [6.45, 7) is 3.48. The molecule has 84 valence electrons. The van der Waals surface area contributed by atoms with Crippen molar-refractivity contribution in [1.82, 2.24) is 4.31 Å². The van der Waals surface area contributed by atoms with Gasteiger partial charge in [0.2, 0.25) is 10.0 Å². The molecular formula is C9H18ClNO2S. The Morgan fingerprint density at radius 2 is 2.21 bits per heavy atom.